The predicted molar refractivity (Wildman–Crippen MR) is 50.2 cm³/mol. The standard InChI is InChI=1S/C10H20O2/c1-5-6-7-9(12-4)10(2,3)8-11/h8-9H,5-7H2,1-4H3. The van der Waals surface area contributed by atoms with Gasteiger partial charge in [0.25, 0.3) is 0 Å². The lowest BCUT2D eigenvalue weighted by molar-refractivity contribution is -0.122. The molecule has 1 unspecified atom stereocenters. The SMILES string of the molecule is CCCCC(OC)C(C)(C)C=O. The van der Waals surface area contributed by atoms with Gasteiger partial charge in [0.1, 0.15) is 6.29 Å². The van der Waals surface area contributed by atoms with Crippen LogP contribution in [-0.4, -0.2) is 19.5 Å². The van der Waals surface area contributed by atoms with Gasteiger partial charge in [0.15, 0.2) is 0 Å². The fourth-order valence-corrected chi connectivity index (χ4v) is 1.26. The van der Waals surface area contributed by atoms with Crippen LogP contribution in [0.3, 0.4) is 0 Å². The topological polar surface area (TPSA) is 26.3 Å². The third-order valence-electron chi connectivity index (χ3n) is 2.24. The molecule has 72 valence electrons. The highest BCUT2D eigenvalue weighted by atomic mass is 16.5. The molecule has 0 aliphatic rings. The van der Waals surface area contributed by atoms with Gasteiger partial charge in [-0.1, -0.05) is 33.6 Å². The van der Waals surface area contributed by atoms with E-state index < -0.39 is 0 Å². The van der Waals surface area contributed by atoms with Gasteiger partial charge in [-0.05, 0) is 6.42 Å². The Morgan fingerprint density at radius 2 is 2.08 bits per heavy atom. The lowest BCUT2D eigenvalue weighted by atomic mass is 9.85. The van der Waals surface area contributed by atoms with Crippen LogP contribution in [0.15, 0.2) is 0 Å². The molecule has 0 bridgehead atoms. The van der Waals surface area contributed by atoms with E-state index in [0.29, 0.717) is 0 Å². The molecule has 0 aromatic heterocycles. The summed E-state index contributed by atoms with van der Waals surface area (Å²) in [6.45, 7) is 5.98. The second kappa shape index (κ2) is 5.31. The summed E-state index contributed by atoms with van der Waals surface area (Å²) in [5, 5.41) is 0. The maximum atomic E-state index is 10.7. The molecule has 0 heterocycles. The van der Waals surface area contributed by atoms with Crippen molar-refractivity contribution in [1.29, 1.82) is 0 Å². The van der Waals surface area contributed by atoms with Gasteiger partial charge in [0.05, 0.1) is 6.10 Å². The van der Waals surface area contributed by atoms with Gasteiger partial charge in [-0.25, -0.2) is 0 Å². The van der Waals surface area contributed by atoms with Gasteiger partial charge >= 0.3 is 0 Å². The minimum Gasteiger partial charge on any atom is -0.380 e. The van der Waals surface area contributed by atoms with E-state index >= 15 is 0 Å². The zero-order valence-corrected chi connectivity index (χ0v) is 8.59. The summed E-state index contributed by atoms with van der Waals surface area (Å²) in [7, 11) is 1.67. The highest BCUT2D eigenvalue weighted by Crippen LogP contribution is 2.24. The van der Waals surface area contributed by atoms with Gasteiger partial charge < -0.3 is 9.53 Å². The Morgan fingerprint density at radius 1 is 1.50 bits per heavy atom. The summed E-state index contributed by atoms with van der Waals surface area (Å²) >= 11 is 0. The van der Waals surface area contributed by atoms with E-state index in [1.54, 1.807) is 7.11 Å². The number of aldehydes is 1. The van der Waals surface area contributed by atoms with Crippen LogP contribution in [0.25, 0.3) is 0 Å². The molecular weight excluding hydrogens is 152 g/mol. The van der Waals surface area contributed by atoms with Crippen molar-refractivity contribution in [2.45, 2.75) is 46.1 Å². The fraction of sp³-hybridized carbons (Fsp3) is 0.900. The van der Waals surface area contributed by atoms with Crippen molar-refractivity contribution in [3.8, 4) is 0 Å². The Bertz CT molecular complexity index is 130. The van der Waals surface area contributed by atoms with E-state index in [1.807, 2.05) is 13.8 Å². The van der Waals surface area contributed by atoms with Crippen molar-refractivity contribution in [3.63, 3.8) is 0 Å². The molecule has 0 aromatic rings. The molecule has 0 rings (SSSR count). The molecule has 0 saturated carbocycles. The number of hydrogen-bond donors (Lipinski definition) is 0. The van der Waals surface area contributed by atoms with Crippen molar-refractivity contribution >= 4 is 6.29 Å². The molecule has 2 nitrogen and oxygen atoms in total. The summed E-state index contributed by atoms with van der Waals surface area (Å²) in [4.78, 5) is 10.7. The Balaban J connectivity index is 4.03. The van der Waals surface area contributed by atoms with Gasteiger partial charge in [-0.15, -0.1) is 0 Å². The normalized spacial score (nSPS) is 14.3. The van der Waals surface area contributed by atoms with Crippen LogP contribution < -0.4 is 0 Å². The molecule has 1 atom stereocenters. The lowest BCUT2D eigenvalue weighted by Gasteiger charge is -2.27. The molecule has 0 saturated heterocycles. The van der Waals surface area contributed by atoms with E-state index in [9.17, 15) is 4.79 Å². The van der Waals surface area contributed by atoms with E-state index in [-0.39, 0.29) is 11.5 Å². The largest absolute Gasteiger partial charge is 0.380 e. The molecule has 0 N–H and O–H groups in total. The molecule has 0 spiro atoms. The second-order valence-electron chi connectivity index (χ2n) is 3.81. The van der Waals surface area contributed by atoms with Crippen LogP contribution >= 0.6 is 0 Å². The molecule has 0 aromatic carbocycles. The van der Waals surface area contributed by atoms with Crippen molar-refractivity contribution < 1.29 is 9.53 Å². The molecule has 12 heavy (non-hydrogen) atoms. The smallest absolute Gasteiger partial charge is 0.128 e. The third-order valence-corrected chi connectivity index (χ3v) is 2.24. The quantitative estimate of drug-likeness (QED) is 0.575. The van der Waals surface area contributed by atoms with Crippen LogP contribution in [0.2, 0.25) is 0 Å². The summed E-state index contributed by atoms with van der Waals surface area (Å²) < 4.78 is 5.28. The maximum absolute atomic E-state index is 10.7. The first-order valence-corrected chi connectivity index (χ1v) is 4.57. The number of rotatable bonds is 6. The van der Waals surface area contributed by atoms with Crippen LogP contribution in [0.5, 0.6) is 0 Å². The molecular formula is C10H20O2. The van der Waals surface area contributed by atoms with Crippen LogP contribution in [0.4, 0.5) is 0 Å². The van der Waals surface area contributed by atoms with E-state index in [2.05, 4.69) is 6.92 Å². The monoisotopic (exact) mass is 172 g/mol. The van der Waals surface area contributed by atoms with Gasteiger partial charge in [0, 0.05) is 12.5 Å². The van der Waals surface area contributed by atoms with E-state index in [1.165, 1.54) is 0 Å². The van der Waals surface area contributed by atoms with Crippen LogP contribution in [0.1, 0.15) is 40.0 Å². The number of unbranched alkanes of at least 4 members (excludes halogenated alkanes) is 1. The highest BCUT2D eigenvalue weighted by molar-refractivity contribution is 5.58. The second-order valence-corrected chi connectivity index (χ2v) is 3.81. The van der Waals surface area contributed by atoms with Crippen molar-refractivity contribution in [2.75, 3.05) is 7.11 Å². The first kappa shape index (κ1) is 11.6. The summed E-state index contributed by atoms with van der Waals surface area (Å²) in [6.07, 6.45) is 4.29. The lowest BCUT2D eigenvalue weighted by Crippen LogP contribution is -2.32. The number of hydrogen-bond acceptors (Lipinski definition) is 2. The first-order valence-electron chi connectivity index (χ1n) is 4.57. The Kier molecular flexibility index (Phi) is 5.14. The summed E-state index contributed by atoms with van der Waals surface area (Å²) in [5.41, 5.74) is -0.343. The Labute approximate surface area is 75.3 Å². The first-order chi connectivity index (χ1) is 5.58. The molecule has 0 aliphatic heterocycles. The number of carbonyl (C=O) groups is 1. The maximum Gasteiger partial charge on any atom is 0.128 e. The van der Waals surface area contributed by atoms with Crippen molar-refractivity contribution in [2.24, 2.45) is 5.41 Å². The molecule has 0 aliphatic carbocycles. The van der Waals surface area contributed by atoms with Gasteiger partial charge in [-0.2, -0.15) is 0 Å². The molecule has 0 fully saturated rings. The van der Waals surface area contributed by atoms with Crippen LogP contribution in [-0.2, 0) is 9.53 Å². The number of methoxy groups -OCH3 is 1. The summed E-state index contributed by atoms with van der Waals surface area (Å²) in [6, 6.07) is 0. The minimum atomic E-state index is -0.343. The van der Waals surface area contributed by atoms with Gasteiger partial charge in [0.2, 0.25) is 0 Å². The zero-order chi connectivity index (χ0) is 9.61. The minimum absolute atomic E-state index is 0.0648. The fourth-order valence-electron chi connectivity index (χ4n) is 1.26. The average Bonchev–Trinajstić information content (AvgIpc) is 2.05. The van der Waals surface area contributed by atoms with Crippen LogP contribution in [0, 0.1) is 5.41 Å². The molecule has 2 heteroatoms. The highest BCUT2D eigenvalue weighted by Gasteiger charge is 2.28. The summed E-state index contributed by atoms with van der Waals surface area (Å²) in [5.74, 6) is 0. The average molecular weight is 172 g/mol. The Morgan fingerprint density at radius 3 is 2.42 bits per heavy atom. The Hall–Kier alpha value is -0.370. The van der Waals surface area contributed by atoms with Gasteiger partial charge in [-0.3, -0.25) is 0 Å². The zero-order valence-electron chi connectivity index (χ0n) is 8.59. The number of carbonyl (C=O) groups excluding carboxylic acids is 1. The van der Waals surface area contributed by atoms with E-state index in [0.717, 1.165) is 25.5 Å². The molecule has 0 amide bonds. The predicted octanol–water partition coefficient (Wildman–Crippen LogP) is 2.42. The third kappa shape index (κ3) is 3.35. The van der Waals surface area contributed by atoms with Crippen molar-refractivity contribution in [3.05, 3.63) is 0 Å². The molecule has 0 radical (unpaired) electrons. The van der Waals surface area contributed by atoms with E-state index in [4.69, 9.17) is 4.74 Å². The van der Waals surface area contributed by atoms with Crippen molar-refractivity contribution in [1.82, 2.24) is 0 Å². The number of ether oxygens (including phenoxy) is 1.